The van der Waals surface area contributed by atoms with Crippen LogP contribution in [0.5, 0.6) is 11.6 Å². The van der Waals surface area contributed by atoms with E-state index in [-0.39, 0.29) is 12.4 Å². The number of pyridine rings is 1. The number of aromatic nitrogens is 1. The number of nitrogens with zero attached hydrogens (tertiary/aromatic N) is 1. The molecule has 132 valence electrons. The molecule has 0 spiro atoms. The van der Waals surface area contributed by atoms with Gasteiger partial charge in [0, 0.05) is 24.2 Å². The summed E-state index contributed by atoms with van der Waals surface area (Å²) in [5.74, 6) is 0.479. The molecule has 0 aliphatic carbocycles. The molecule has 0 saturated carbocycles. The normalized spacial score (nSPS) is 9.84. The monoisotopic (exact) mass is 345 g/mol. The molecule has 0 bridgehead atoms. The Hall–Kier alpha value is -3.29. The van der Waals surface area contributed by atoms with Gasteiger partial charge in [0.2, 0.25) is 5.88 Å². The smallest absolute Gasteiger partial charge is 0.411 e. The first-order valence-electron chi connectivity index (χ1n) is 7.74. The molecule has 0 unspecified atom stereocenters. The highest BCUT2D eigenvalue weighted by Gasteiger charge is 2.05. The first kappa shape index (κ1) is 18.1. The molecule has 1 aromatic heterocycles. The van der Waals surface area contributed by atoms with Crippen molar-refractivity contribution in [3.63, 3.8) is 0 Å². The van der Waals surface area contributed by atoms with E-state index in [0.29, 0.717) is 29.6 Å². The molecule has 2 rings (SSSR count). The number of carbonyl (C=O) groups is 2. The van der Waals surface area contributed by atoms with E-state index < -0.39 is 6.09 Å². The molecule has 0 aliphatic rings. The molecular formula is C17H19N3O5. The quantitative estimate of drug-likeness (QED) is 0.738. The van der Waals surface area contributed by atoms with Crippen LogP contribution in [0.2, 0.25) is 0 Å². The maximum atomic E-state index is 11.4. The lowest BCUT2D eigenvalue weighted by molar-refractivity contribution is -0.140. The minimum Gasteiger partial charge on any atom is -0.450 e. The second-order valence-electron chi connectivity index (χ2n) is 4.79. The van der Waals surface area contributed by atoms with E-state index in [4.69, 9.17) is 14.3 Å². The summed E-state index contributed by atoms with van der Waals surface area (Å²) in [5, 5.41) is 2.59. The summed E-state index contributed by atoms with van der Waals surface area (Å²) in [6, 6.07) is 10.1. The summed E-state index contributed by atoms with van der Waals surface area (Å²) in [6.45, 7) is 3.72. The van der Waals surface area contributed by atoms with Crippen molar-refractivity contribution in [2.75, 3.05) is 17.4 Å². The first-order chi connectivity index (χ1) is 12.1. The van der Waals surface area contributed by atoms with Gasteiger partial charge in [0.05, 0.1) is 18.5 Å². The third-order valence-electron chi connectivity index (χ3n) is 2.89. The molecule has 0 fully saturated rings. The van der Waals surface area contributed by atoms with Crippen LogP contribution in [-0.4, -0.2) is 23.7 Å². The largest absolute Gasteiger partial charge is 0.450 e. The molecule has 8 nitrogen and oxygen atoms in total. The van der Waals surface area contributed by atoms with Crippen LogP contribution < -0.4 is 15.5 Å². The van der Waals surface area contributed by atoms with Crippen LogP contribution in [0, 0.1) is 0 Å². The fourth-order valence-electron chi connectivity index (χ4n) is 1.73. The van der Waals surface area contributed by atoms with Gasteiger partial charge in [0.15, 0.2) is 0 Å². The van der Waals surface area contributed by atoms with Gasteiger partial charge in [0.1, 0.15) is 5.75 Å². The Bertz CT molecular complexity index is 718. The second-order valence-corrected chi connectivity index (χ2v) is 4.79. The van der Waals surface area contributed by atoms with Crippen molar-refractivity contribution < 1.29 is 23.9 Å². The van der Waals surface area contributed by atoms with Crippen molar-refractivity contribution in [1.82, 2.24) is 4.98 Å². The van der Waals surface area contributed by atoms with E-state index in [9.17, 15) is 9.59 Å². The number of rotatable bonds is 7. The van der Waals surface area contributed by atoms with Gasteiger partial charge >= 0.3 is 12.1 Å². The molecule has 8 heteroatoms. The zero-order valence-electron chi connectivity index (χ0n) is 13.9. The zero-order valence-corrected chi connectivity index (χ0v) is 13.9. The van der Waals surface area contributed by atoms with E-state index in [2.05, 4.69) is 15.8 Å². The number of nitrogens with one attached hydrogen (secondary N) is 2. The van der Waals surface area contributed by atoms with Crippen molar-refractivity contribution in [3.05, 3.63) is 42.6 Å². The van der Waals surface area contributed by atoms with Crippen molar-refractivity contribution in [1.29, 1.82) is 0 Å². The summed E-state index contributed by atoms with van der Waals surface area (Å²) in [5.41, 5.74) is 3.56. The van der Waals surface area contributed by atoms with Gasteiger partial charge in [-0.3, -0.25) is 5.32 Å². The second kappa shape index (κ2) is 9.11. The number of hydrogen-bond acceptors (Lipinski definition) is 7. The molecule has 0 radical (unpaired) electrons. The Kier molecular flexibility index (Phi) is 6.58. The lowest BCUT2D eigenvalue weighted by Crippen LogP contribution is -2.13. The third kappa shape index (κ3) is 6.02. The summed E-state index contributed by atoms with van der Waals surface area (Å²) in [7, 11) is 0. The van der Waals surface area contributed by atoms with Gasteiger partial charge in [-0.2, -0.15) is 0 Å². The van der Waals surface area contributed by atoms with Gasteiger partial charge in [-0.25, -0.2) is 20.1 Å². The molecule has 1 aromatic carbocycles. The van der Waals surface area contributed by atoms with E-state index in [1.54, 1.807) is 50.2 Å². The number of amides is 1. The molecule has 2 aromatic rings. The maximum absolute atomic E-state index is 11.4. The Morgan fingerprint density at radius 2 is 1.96 bits per heavy atom. The van der Waals surface area contributed by atoms with Crippen LogP contribution >= 0.6 is 0 Å². The molecule has 2 N–H and O–H groups in total. The van der Waals surface area contributed by atoms with Crippen LogP contribution in [0.15, 0.2) is 42.6 Å². The molecule has 1 heterocycles. The van der Waals surface area contributed by atoms with E-state index in [1.165, 1.54) is 6.20 Å². The lowest BCUT2D eigenvalue weighted by Gasteiger charge is -2.09. The predicted octanol–water partition coefficient (Wildman–Crippen LogP) is 3.72. The molecule has 0 saturated heterocycles. The molecule has 25 heavy (non-hydrogen) atoms. The maximum Gasteiger partial charge on any atom is 0.411 e. The first-order valence-corrected chi connectivity index (χ1v) is 7.74. The van der Waals surface area contributed by atoms with Gasteiger partial charge in [-0.15, -0.1) is 0 Å². The summed E-state index contributed by atoms with van der Waals surface area (Å²) in [4.78, 5) is 31.4. The zero-order chi connectivity index (χ0) is 18.1. The third-order valence-corrected chi connectivity index (χ3v) is 2.89. The highest BCUT2D eigenvalue weighted by atomic mass is 16.7. The number of anilines is 2. The number of benzene rings is 1. The van der Waals surface area contributed by atoms with Gasteiger partial charge in [-0.05, 0) is 25.1 Å². The van der Waals surface area contributed by atoms with Crippen molar-refractivity contribution >= 4 is 23.4 Å². The van der Waals surface area contributed by atoms with Crippen LogP contribution in [0.1, 0.15) is 20.3 Å². The number of carbonyl (C=O) groups excluding carboxylic acids is 2. The van der Waals surface area contributed by atoms with Crippen molar-refractivity contribution in [2.45, 2.75) is 20.3 Å². The Balaban J connectivity index is 1.95. The van der Waals surface area contributed by atoms with Crippen LogP contribution in [0.4, 0.5) is 16.2 Å². The average molecular weight is 345 g/mol. The standard InChI is InChI=1S/C17H19N3O5/c1-3-16(21)25-20-13-8-9-15(18-11-13)24-14-7-5-6-12(10-14)19-17(22)23-4-2/h5-11,20H,3-4H2,1-2H3,(H,19,22). The van der Waals surface area contributed by atoms with Gasteiger partial charge in [-0.1, -0.05) is 13.0 Å². The fraction of sp³-hybridized carbons (Fsp3) is 0.235. The molecular weight excluding hydrogens is 326 g/mol. The SMILES string of the molecule is CCOC(=O)Nc1cccc(Oc2ccc(NOC(=O)CC)cn2)c1. The minimum absolute atomic E-state index is 0.276. The van der Waals surface area contributed by atoms with Crippen molar-refractivity contribution in [2.24, 2.45) is 0 Å². The topological polar surface area (TPSA) is 98.8 Å². The average Bonchev–Trinajstić information content (AvgIpc) is 2.61. The Morgan fingerprint density at radius 1 is 1.12 bits per heavy atom. The number of hydrogen-bond donors (Lipinski definition) is 2. The Morgan fingerprint density at radius 3 is 2.64 bits per heavy atom. The predicted molar refractivity (Wildman–Crippen MR) is 91.4 cm³/mol. The summed E-state index contributed by atoms with van der Waals surface area (Å²) < 4.78 is 10.4. The van der Waals surface area contributed by atoms with E-state index in [0.717, 1.165) is 0 Å². The Labute approximate surface area is 145 Å². The molecule has 0 aliphatic heterocycles. The lowest BCUT2D eigenvalue weighted by atomic mass is 10.3. The van der Waals surface area contributed by atoms with E-state index in [1.807, 2.05) is 0 Å². The minimum atomic E-state index is -0.533. The molecule has 1 amide bonds. The highest BCUT2D eigenvalue weighted by Crippen LogP contribution is 2.23. The van der Waals surface area contributed by atoms with E-state index >= 15 is 0 Å². The molecule has 0 atom stereocenters. The van der Waals surface area contributed by atoms with Crippen LogP contribution in [0.25, 0.3) is 0 Å². The van der Waals surface area contributed by atoms with Gasteiger partial charge < -0.3 is 14.3 Å². The number of ether oxygens (including phenoxy) is 2. The van der Waals surface area contributed by atoms with Crippen molar-refractivity contribution in [3.8, 4) is 11.6 Å². The summed E-state index contributed by atoms with van der Waals surface area (Å²) in [6.07, 6.45) is 1.21. The summed E-state index contributed by atoms with van der Waals surface area (Å²) >= 11 is 0. The highest BCUT2D eigenvalue weighted by molar-refractivity contribution is 5.84. The fourth-order valence-corrected chi connectivity index (χ4v) is 1.73. The van der Waals surface area contributed by atoms with Gasteiger partial charge in [0.25, 0.3) is 0 Å². The van der Waals surface area contributed by atoms with Crippen LogP contribution in [-0.2, 0) is 14.4 Å². The van der Waals surface area contributed by atoms with Crippen LogP contribution in [0.3, 0.4) is 0 Å².